The van der Waals surface area contributed by atoms with Gasteiger partial charge in [-0.2, -0.15) is 0 Å². The molecule has 1 aromatic rings. The minimum absolute atomic E-state index is 0.440. The van der Waals surface area contributed by atoms with E-state index in [1.807, 2.05) is 12.1 Å². The second-order valence-electron chi connectivity index (χ2n) is 4.43. The molecule has 0 radical (unpaired) electrons. The van der Waals surface area contributed by atoms with E-state index in [-0.39, 0.29) is 0 Å². The summed E-state index contributed by atoms with van der Waals surface area (Å²) in [4.78, 5) is 6.65. The zero-order chi connectivity index (χ0) is 10.8. The van der Waals surface area contributed by atoms with Crippen molar-refractivity contribution in [3.8, 4) is 0 Å². The number of aliphatic hydroxyl groups excluding tert-OH is 1. The molecule has 3 nitrogen and oxygen atoms in total. The lowest BCUT2D eigenvalue weighted by atomic mass is 10.1. The van der Waals surface area contributed by atoms with E-state index >= 15 is 0 Å². The Balaban J connectivity index is 2.27. The standard InChI is InChI=1S/C12H18N2O/c1-9-5-7-14(8-9)12-11(10(2)15)4-3-6-13-12/h3-4,6,9-10,15H,5,7-8H2,1-2H3. The van der Waals surface area contributed by atoms with Crippen molar-refractivity contribution in [2.45, 2.75) is 26.4 Å². The highest BCUT2D eigenvalue weighted by atomic mass is 16.3. The Morgan fingerprint density at radius 1 is 1.60 bits per heavy atom. The Kier molecular flexibility index (Phi) is 2.91. The zero-order valence-electron chi connectivity index (χ0n) is 9.35. The number of hydrogen-bond acceptors (Lipinski definition) is 3. The predicted molar refractivity (Wildman–Crippen MR) is 60.9 cm³/mol. The molecule has 1 saturated heterocycles. The van der Waals surface area contributed by atoms with E-state index in [9.17, 15) is 5.11 Å². The molecule has 82 valence electrons. The molecule has 0 spiro atoms. The molecule has 0 aliphatic carbocycles. The minimum Gasteiger partial charge on any atom is -0.389 e. The molecule has 1 aliphatic rings. The summed E-state index contributed by atoms with van der Waals surface area (Å²) in [6.07, 6.45) is 2.57. The van der Waals surface area contributed by atoms with Gasteiger partial charge in [-0.3, -0.25) is 0 Å². The van der Waals surface area contributed by atoms with Crippen LogP contribution in [0, 0.1) is 5.92 Å². The maximum Gasteiger partial charge on any atom is 0.134 e. The first-order chi connectivity index (χ1) is 7.18. The van der Waals surface area contributed by atoms with Gasteiger partial charge in [0.1, 0.15) is 5.82 Å². The van der Waals surface area contributed by atoms with Crippen molar-refractivity contribution in [2.75, 3.05) is 18.0 Å². The normalized spacial score (nSPS) is 23.1. The highest BCUT2D eigenvalue weighted by molar-refractivity contribution is 5.48. The maximum absolute atomic E-state index is 9.66. The van der Waals surface area contributed by atoms with Gasteiger partial charge in [-0.1, -0.05) is 13.0 Å². The van der Waals surface area contributed by atoms with Crippen LogP contribution in [0.25, 0.3) is 0 Å². The fraction of sp³-hybridized carbons (Fsp3) is 0.583. The first-order valence-electron chi connectivity index (χ1n) is 5.56. The first-order valence-corrected chi connectivity index (χ1v) is 5.56. The summed E-state index contributed by atoms with van der Waals surface area (Å²) in [6, 6.07) is 3.83. The van der Waals surface area contributed by atoms with Crippen LogP contribution in [-0.4, -0.2) is 23.2 Å². The van der Waals surface area contributed by atoms with Gasteiger partial charge in [0.05, 0.1) is 6.10 Å². The molecule has 2 rings (SSSR count). The lowest BCUT2D eigenvalue weighted by molar-refractivity contribution is 0.199. The molecule has 3 heteroatoms. The highest BCUT2D eigenvalue weighted by Crippen LogP contribution is 2.28. The molecular weight excluding hydrogens is 188 g/mol. The molecule has 1 N–H and O–H groups in total. The van der Waals surface area contributed by atoms with Gasteiger partial charge in [-0.25, -0.2) is 4.98 Å². The summed E-state index contributed by atoms with van der Waals surface area (Å²) in [7, 11) is 0. The summed E-state index contributed by atoms with van der Waals surface area (Å²) < 4.78 is 0. The summed E-state index contributed by atoms with van der Waals surface area (Å²) in [5.74, 6) is 1.69. The van der Waals surface area contributed by atoms with Crippen LogP contribution in [0.4, 0.5) is 5.82 Å². The van der Waals surface area contributed by atoms with E-state index in [2.05, 4.69) is 16.8 Å². The molecule has 2 unspecified atom stereocenters. The molecule has 15 heavy (non-hydrogen) atoms. The molecule has 1 aromatic heterocycles. The third kappa shape index (κ3) is 2.12. The lowest BCUT2D eigenvalue weighted by Crippen LogP contribution is -2.22. The summed E-state index contributed by atoms with van der Waals surface area (Å²) in [5.41, 5.74) is 0.937. The van der Waals surface area contributed by atoms with E-state index in [0.29, 0.717) is 0 Å². The van der Waals surface area contributed by atoms with Gasteiger partial charge in [0.25, 0.3) is 0 Å². The molecule has 0 bridgehead atoms. The van der Waals surface area contributed by atoms with E-state index in [0.717, 1.165) is 30.4 Å². The van der Waals surface area contributed by atoms with Crippen molar-refractivity contribution >= 4 is 5.82 Å². The Morgan fingerprint density at radius 2 is 2.40 bits per heavy atom. The monoisotopic (exact) mass is 206 g/mol. The highest BCUT2D eigenvalue weighted by Gasteiger charge is 2.22. The van der Waals surface area contributed by atoms with Crippen molar-refractivity contribution in [2.24, 2.45) is 5.92 Å². The van der Waals surface area contributed by atoms with Gasteiger partial charge in [0.2, 0.25) is 0 Å². The van der Waals surface area contributed by atoms with Gasteiger partial charge in [0.15, 0.2) is 0 Å². The number of pyridine rings is 1. The van der Waals surface area contributed by atoms with Crippen molar-refractivity contribution in [3.63, 3.8) is 0 Å². The van der Waals surface area contributed by atoms with Crippen LogP contribution in [-0.2, 0) is 0 Å². The van der Waals surface area contributed by atoms with Crippen LogP contribution in [0.3, 0.4) is 0 Å². The number of rotatable bonds is 2. The topological polar surface area (TPSA) is 36.4 Å². The quantitative estimate of drug-likeness (QED) is 0.803. The van der Waals surface area contributed by atoms with Gasteiger partial charge in [-0.15, -0.1) is 0 Å². The van der Waals surface area contributed by atoms with Crippen LogP contribution in [0.1, 0.15) is 31.9 Å². The number of hydrogen-bond donors (Lipinski definition) is 1. The van der Waals surface area contributed by atoms with E-state index < -0.39 is 6.10 Å². The SMILES string of the molecule is CC1CCN(c2ncccc2C(C)O)C1. The molecule has 2 heterocycles. The Bertz CT molecular complexity index is 338. The predicted octanol–water partition coefficient (Wildman–Crippen LogP) is 1.98. The van der Waals surface area contributed by atoms with Gasteiger partial charge < -0.3 is 10.0 Å². The van der Waals surface area contributed by atoms with Crippen molar-refractivity contribution in [3.05, 3.63) is 23.9 Å². The number of aromatic nitrogens is 1. The summed E-state index contributed by atoms with van der Waals surface area (Å²) in [5, 5.41) is 9.66. The second kappa shape index (κ2) is 4.19. The molecule has 0 saturated carbocycles. The first kappa shape index (κ1) is 10.4. The third-order valence-electron chi connectivity index (χ3n) is 2.99. The molecule has 1 fully saturated rings. The van der Waals surface area contributed by atoms with Crippen molar-refractivity contribution < 1.29 is 5.11 Å². The molecule has 0 aromatic carbocycles. The second-order valence-corrected chi connectivity index (χ2v) is 4.43. The van der Waals surface area contributed by atoms with Gasteiger partial charge >= 0.3 is 0 Å². The average Bonchev–Trinajstić information content (AvgIpc) is 2.65. The fourth-order valence-electron chi connectivity index (χ4n) is 2.13. The van der Waals surface area contributed by atoms with E-state index in [1.54, 1.807) is 13.1 Å². The maximum atomic E-state index is 9.66. The van der Waals surface area contributed by atoms with Crippen LogP contribution in [0.5, 0.6) is 0 Å². The van der Waals surface area contributed by atoms with Crippen LogP contribution >= 0.6 is 0 Å². The molecule has 2 atom stereocenters. The third-order valence-corrected chi connectivity index (χ3v) is 2.99. The van der Waals surface area contributed by atoms with Crippen LogP contribution in [0.15, 0.2) is 18.3 Å². The lowest BCUT2D eigenvalue weighted by Gasteiger charge is -2.21. The fourth-order valence-corrected chi connectivity index (χ4v) is 2.13. The average molecular weight is 206 g/mol. The summed E-state index contributed by atoms with van der Waals surface area (Å²) in [6.45, 7) is 6.15. The number of aliphatic hydroxyl groups is 1. The zero-order valence-corrected chi connectivity index (χ0v) is 9.35. The smallest absolute Gasteiger partial charge is 0.134 e. The number of anilines is 1. The Hall–Kier alpha value is -1.09. The molecule has 1 aliphatic heterocycles. The Labute approximate surface area is 90.8 Å². The van der Waals surface area contributed by atoms with E-state index in [4.69, 9.17) is 0 Å². The van der Waals surface area contributed by atoms with E-state index in [1.165, 1.54) is 6.42 Å². The number of nitrogens with zero attached hydrogens (tertiary/aromatic N) is 2. The van der Waals surface area contributed by atoms with Crippen molar-refractivity contribution in [1.82, 2.24) is 4.98 Å². The van der Waals surface area contributed by atoms with Gasteiger partial charge in [-0.05, 0) is 25.3 Å². The largest absolute Gasteiger partial charge is 0.389 e. The van der Waals surface area contributed by atoms with Crippen molar-refractivity contribution in [1.29, 1.82) is 0 Å². The van der Waals surface area contributed by atoms with Crippen LogP contribution < -0.4 is 4.90 Å². The minimum atomic E-state index is -0.440. The van der Waals surface area contributed by atoms with Crippen LogP contribution in [0.2, 0.25) is 0 Å². The van der Waals surface area contributed by atoms with Gasteiger partial charge in [0, 0.05) is 24.8 Å². The molecule has 0 amide bonds. The Morgan fingerprint density at radius 3 is 3.00 bits per heavy atom. The summed E-state index contributed by atoms with van der Waals surface area (Å²) >= 11 is 0. The molecular formula is C12H18N2O.